The largest absolute Gasteiger partial charge is 1.00 e. The van der Waals surface area contributed by atoms with Gasteiger partial charge in [0.2, 0.25) is 0 Å². The number of nitrogens with zero attached hydrogens (tertiary/aromatic N) is 1. The van der Waals surface area contributed by atoms with Gasteiger partial charge in [0.1, 0.15) is 10.1 Å². The minimum absolute atomic E-state index is 0. The van der Waals surface area contributed by atoms with Gasteiger partial charge >= 0.3 is 88.7 Å². The molecule has 0 fully saturated rings. The van der Waals surface area contributed by atoms with Crippen LogP contribution in [-0.2, 0) is 50.6 Å². The van der Waals surface area contributed by atoms with Crippen LogP contribution < -0.4 is 98.8 Å². The Hall–Kier alpha value is 0.420. The zero-order chi connectivity index (χ0) is 36.4. The van der Waals surface area contributed by atoms with Gasteiger partial charge in [0.05, 0.1) is 32.8 Å². The van der Waals surface area contributed by atoms with Gasteiger partial charge in [-0.1, -0.05) is 45.9 Å². The van der Waals surface area contributed by atoms with E-state index in [9.17, 15) is 44.2 Å². The predicted molar refractivity (Wildman–Crippen MR) is 180 cm³/mol. The maximum atomic E-state index is 11.9. The van der Waals surface area contributed by atoms with Gasteiger partial charge in [-0.05, 0) is 96.3 Å². The summed E-state index contributed by atoms with van der Waals surface area (Å²) in [6.07, 6.45) is 7.39. The van der Waals surface area contributed by atoms with Gasteiger partial charge in [-0.3, -0.25) is 9.59 Å². The van der Waals surface area contributed by atoms with Gasteiger partial charge in [0, 0.05) is 39.4 Å². The van der Waals surface area contributed by atoms with Gasteiger partial charge in [-0.15, -0.1) is 0 Å². The fraction of sp³-hybridized carbons (Fsp3) is 0.438. The Balaban J connectivity index is 0.00000451. The van der Waals surface area contributed by atoms with Crippen LogP contribution in [0.5, 0.6) is 0 Å². The molecule has 0 saturated carbocycles. The van der Waals surface area contributed by atoms with Crippen LogP contribution in [-0.4, -0.2) is 57.0 Å². The molecule has 20 heteroatoms. The second-order valence-electron chi connectivity index (χ2n) is 13.0. The summed E-state index contributed by atoms with van der Waals surface area (Å²) in [7, 11) is -13.2. The molecule has 2 aromatic rings. The van der Waals surface area contributed by atoms with Crippen LogP contribution in [0.2, 0.25) is 0 Å². The smallest absolute Gasteiger partial charge is 0.748 e. The molecule has 0 bridgehead atoms. The van der Waals surface area contributed by atoms with E-state index < -0.39 is 46.9 Å². The third-order valence-corrected chi connectivity index (χ3v) is 11.9. The zero-order valence-electron chi connectivity index (χ0n) is 30.4. The minimum Gasteiger partial charge on any atom is -0.748 e. The van der Waals surface area contributed by atoms with Gasteiger partial charge in [-0.25, -0.2) is 16.8 Å². The number of hydrogen-bond donors (Lipinski definition) is 1. The Bertz CT molecular complexity index is 2010. The van der Waals surface area contributed by atoms with E-state index in [0.717, 1.165) is 40.0 Å². The van der Waals surface area contributed by atoms with Gasteiger partial charge in [0.25, 0.3) is 10.1 Å². The summed E-state index contributed by atoms with van der Waals surface area (Å²) in [5.74, 6) is -0.881. The van der Waals surface area contributed by atoms with E-state index in [1.54, 1.807) is 12.1 Å². The van der Waals surface area contributed by atoms with Crippen molar-refractivity contribution in [3.8, 4) is 0 Å². The fourth-order valence-corrected chi connectivity index (χ4v) is 8.60. The molecule has 0 spiro atoms. The molecular weight excluding hydrogens is 788 g/mol. The zero-order valence-corrected chi connectivity index (χ0v) is 39.6. The molecule has 0 aromatic heterocycles. The topological polar surface area (TPSA) is 214 Å². The monoisotopic (exact) mass is 825 g/mol. The summed E-state index contributed by atoms with van der Waals surface area (Å²) in [6, 6.07) is 9.71. The summed E-state index contributed by atoms with van der Waals surface area (Å²) < 4.78 is 106. The SMILES string of the molecule is CC1(C)C(C=CC=C2N(CCCCS(=O)(=O)[O-])c3ccc(S(=O)(=O)[O-])cc3C2(C)C)=C(CCCCS(=O)(=O)O)c2ccc(SOO[O-])cc21.[Na+].[Na+].[Na+]. The molecule has 1 N–H and O–H groups in total. The molecule has 1 aliphatic heterocycles. The molecule has 1 heterocycles. The first kappa shape index (κ1) is 50.4. The van der Waals surface area contributed by atoms with E-state index in [0.29, 0.717) is 42.0 Å². The predicted octanol–water partition coefficient (Wildman–Crippen LogP) is -4.50. The maximum absolute atomic E-state index is 11.9. The van der Waals surface area contributed by atoms with Crippen LogP contribution in [0.25, 0.3) is 5.57 Å². The average Bonchev–Trinajstić information content (AvgIpc) is 3.33. The Labute approximate surface area is 377 Å². The second kappa shape index (κ2) is 20.2. The first-order valence-corrected chi connectivity index (χ1v) is 20.7. The van der Waals surface area contributed by atoms with E-state index >= 15 is 0 Å². The van der Waals surface area contributed by atoms with Gasteiger partial charge in [-0.2, -0.15) is 12.8 Å². The molecule has 2 aromatic carbocycles. The van der Waals surface area contributed by atoms with Crippen molar-refractivity contribution in [2.45, 2.75) is 80.4 Å². The fourth-order valence-electron chi connectivity index (χ4n) is 6.58. The number of benzene rings is 2. The number of rotatable bonds is 16. The molecule has 52 heavy (non-hydrogen) atoms. The van der Waals surface area contributed by atoms with E-state index in [1.807, 2.05) is 63.0 Å². The number of allylic oxidation sites excluding steroid dienone is 6. The van der Waals surface area contributed by atoms with Crippen molar-refractivity contribution >= 4 is 53.7 Å². The molecule has 270 valence electrons. The number of hydrogen-bond acceptors (Lipinski definition) is 13. The number of fused-ring (bicyclic) bond motifs is 2. The van der Waals surface area contributed by atoms with E-state index in [-0.39, 0.29) is 112 Å². The van der Waals surface area contributed by atoms with E-state index in [4.69, 9.17) is 0 Å². The number of anilines is 1. The van der Waals surface area contributed by atoms with Crippen molar-refractivity contribution in [2.24, 2.45) is 0 Å². The van der Waals surface area contributed by atoms with Crippen LogP contribution in [0.4, 0.5) is 5.69 Å². The van der Waals surface area contributed by atoms with Crippen LogP contribution in [0, 0.1) is 0 Å². The third kappa shape index (κ3) is 12.7. The second-order valence-corrected chi connectivity index (χ2v) is 18.2. The summed E-state index contributed by atoms with van der Waals surface area (Å²) in [5, 5.41) is 13.9. The molecule has 0 radical (unpaired) electrons. The van der Waals surface area contributed by atoms with Crippen molar-refractivity contribution in [2.75, 3.05) is 23.0 Å². The van der Waals surface area contributed by atoms with Crippen molar-refractivity contribution in [3.05, 3.63) is 82.6 Å². The van der Waals surface area contributed by atoms with Crippen molar-refractivity contribution in [1.82, 2.24) is 0 Å². The van der Waals surface area contributed by atoms with Crippen LogP contribution in [0.15, 0.2) is 75.7 Å². The Morgan fingerprint density at radius 3 is 2.10 bits per heavy atom. The number of unbranched alkanes of at least 4 members (excludes halogenated alkanes) is 2. The molecule has 2 aliphatic rings. The maximum Gasteiger partial charge on any atom is 1.00 e. The Morgan fingerprint density at radius 2 is 1.50 bits per heavy atom. The molecular formula is C32H38NNa3O12S4. The Morgan fingerprint density at radius 1 is 0.846 bits per heavy atom. The quantitative estimate of drug-likeness (QED) is 0.0422. The standard InChI is InChI=1S/C32H41NO12S4.3Na/c1-31(2)26(24(10-5-7-18-47(35,36)37)25-15-13-22(20-27(25)31)46-45-44-34)11-9-12-30-32(3,4)28-21-23(49(41,42)43)14-16-29(28)33(30)17-6-8-19-48(38,39)40;;;/h9,11-16,20-21,34H,5-8,10,17-19H2,1-4H3,(H,35,36,37)(H,38,39,40)(H,41,42,43);;;/q;3*+1/p-3. The third-order valence-electron chi connectivity index (χ3n) is 8.92. The summed E-state index contributed by atoms with van der Waals surface area (Å²) >= 11 is 0.766. The summed E-state index contributed by atoms with van der Waals surface area (Å²) in [6.45, 7) is 8.15. The molecule has 1 aliphatic carbocycles. The van der Waals surface area contributed by atoms with E-state index in [1.165, 1.54) is 12.1 Å². The van der Waals surface area contributed by atoms with Crippen LogP contribution >= 0.6 is 12.0 Å². The normalized spacial score (nSPS) is 17.1. The van der Waals surface area contributed by atoms with Crippen LogP contribution in [0.3, 0.4) is 0 Å². The molecule has 4 rings (SSSR count). The first-order chi connectivity index (χ1) is 22.7. The molecule has 0 atom stereocenters. The van der Waals surface area contributed by atoms with E-state index in [2.05, 4.69) is 9.37 Å². The molecule has 0 unspecified atom stereocenters. The van der Waals surface area contributed by atoms with Gasteiger partial charge < -0.3 is 19.3 Å². The molecule has 13 nitrogen and oxygen atoms in total. The molecule has 0 saturated heterocycles. The summed E-state index contributed by atoms with van der Waals surface area (Å²) in [5.41, 5.74) is 4.47. The van der Waals surface area contributed by atoms with Crippen LogP contribution in [0.1, 0.15) is 76.5 Å². The molecule has 0 amide bonds. The van der Waals surface area contributed by atoms with Gasteiger partial charge in [0.15, 0.2) is 0 Å². The Kier molecular flexibility index (Phi) is 19.6. The average molecular weight is 826 g/mol. The first-order valence-electron chi connectivity index (χ1n) is 15.3. The van der Waals surface area contributed by atoms with Crippen molar-refractivity contribution in [3.63, 3.8) is 0 Å². The van der Waals surface area contributed by atoms with Crippen molar-refractivity contribution < 1.29 is 142 Å². The summed E-state index contributed by atoms with van der Waals surface area (Å²) in [4.78, 5) is 2.19. The van der Waals surface area contributed by atoms with Crippen molar-refractivity contribution in [1.29, 1.82) is 0 Å². The minimum atomic E-state index is -4.74.